The van der Waals surface area contributed by atoms with E-state index in [4.69, 9.17) is 9.47 Å². The van der Waals surface area contributed by atoms with Crippen molar-refractivity contribution < 1.29 is 54.5 Å². The lowest BCUT2D eigenvalue weighted by Crippen LogP contribution is -2.60. The molecule has 0 bridgehead atoms. The Kier molecular flexibility index (Phi) is 9.17. The molecule has 1 fully saturated rings. The molecular formula is C27H29NO11. The summed E-state index contributed by atoms with van der Waals surface area (Å²) in [7, 11) is 1.29. The number of phenolic OH excluding ortho intramolecular Hbond substituents is 4. The number of benzene rings is 2. The number of hydrogen-bond donors (Lipinski definition) is 7. The summed E-state index contributed by atoms with van der Waals surface area (Å²) in [5.41, 5.74) is -1.16. The van der Waals surface area contributed by atoms with Gasteiger partial charge >= 0.3 is 11.9 Å². The first-order valence-corrected chi connectivity index (χ1v) is 11.8. The van der Waals surface area contributed by atoms with E-state index in [1.807, 2.05) is 0 Å². The predicted octanol–water partition coefficient (Wildman–Crippen LogP) is 0.776. The molecule has 0 unspecified atom stereocenters. The largest absolute Gasteiger partial charge is 0.504 e. The third kappa shape index (κ3) is 7.49. The van der Waals surface area contributed by atoms with Crippen LogP contribution >= 0.6 is 0 Å². The molecule has 208 valence electrons. The van der Waals surface area contributed by atoms with Crippen LogP contribution in [0.25, 0.3) is 6.08 Å². The first-order valence-electron chi connectivity index (χ1n) is 11.8. The van der Waals surface area contributed by atoms with E-state index < -0.39 is 60.3 Å². The summed E-state index contributed by atoms with van der Waals surface area (Å²) in [5, 5.41) is 61.7. The fourth-order valence-electron chi connectivity index (χ4n) is 4.08. The molecule has 4 atom stereocenters. The van der Waals surface area contributed by atoms with E-state index in [1.54, 1.807) is 0 Å². The molecule has 0 aromatic heterocycles. The second-order valence-corrected chi connectivity index (χ2v) is 8.97. The Balaban J connectivity index is 1.73. The Morgan fingerprint density at radius 3 is 2.21 bits per heavy atom. The van der Waals surface area contributed by atoms with Gasteiger partial charge in [-0.3, -0.25) is 4.79 Å². The summed E-state index contributed by atoms with van der Waals surface area (Å²) in [6.07, 6.45) is -0.432. The average Bonchev–Trinajstić information content (AvgIpc) is 2.88. The molecule has 0 radical (unpaired) electrons. The standard InChI is InChI=1S/C27H29NO11/c1-28-26(36)27(37)13-21(33)25(39-24(35)10-7-16-6-9-18(30)20(32)12-16)22(14-27)38-23(34)4-2-3-15-5-8-17(29)19(31)11-15/h2,4-12,21-22,25,29-33,37H,3,13-14H2,1H3,(H,28,36)/b4-2+,10-7+/t21-,22-,25-,27+/m1/s1. The number of carbonyl (C=O) groups is 3. The van der Waals surface area contributed by atoms with Gasteiger partial charge in [-0.15, -0.1) is 0 Å². The lowest BCUT2D eigenvalue weighted by atomic mass is 9.78. The topological polar surface area (TPSA) is 203 Å². The molecule has 0 heterocycles. The highest BCUT2D eigenvalue weighted by Gasteiger charge is 2.51. The van der Waals surface area contributed by atoms with Gasteiger partial charge in [-0.25, -0.2) is 9.59 Å². The Morgan fingerprint density at radius 2 is 1.56 bits per heavy atom. The van der Waals surface area contributed by atoms with Gasteiger partial charge in [0.05, 0.1) is 6.10 Å². The van der Waals surface area contributed by atoms with Crippen LogP contribution in [0.5, 0.6) is 23.0 Å². The minimum absolute atomic E-state index is 0.189. The first kappa shape index (κ1) is 29.0. The Labute approximate surface area is 223 Å². The minimum atomic E-state index is -2.10. The molecule has 2 aromatic carbocycles. The van der Waals surface area contributed by atoms with Crippen LogP contribution < -0.4 is 5.32 Å². The summed E-state index contributed by atoms with van der Waals surface area (Å²) in [6, 6.07) is 7.99. The van der Waals surface area contributed by atoms with Gasteiger partial charge in [0.1, 0.15) is 11.7 Å². The lowest BCUT2D eigenvalue weighted by Gasteiger charge is -2.41. The van der Waals surface area contributed by atoms with Gasteiger partial charge in [-0.1, -0.05) is 18.2 Å². The van der Waals surface area contributed by atoms with Crippen LogP contribution in [-0.2, 0) is 30.3 Å². The van der Waals surface area contributed by atoms with E-state index in [0.717, 1.165) is 12.2 Å². The summed E-state index contributed by atoms with van der Waals surface area (Å²) >= 11 is 0. The molecule has 1 aliphatic rings. The van der Waals surface area contributed by atoms with Gasteiger partial charge in [0, 0.05) is 32.0 Å². The Hall–Kier alpha value is -4.55. The SMILES string of the molecule is CNC(=O)[C@]1(O)C[C@@H](O)[C@@H](OC(=O)/C=C/c2ccc(O)c(O)c2)[C@H](OC(=O)/C=C/Cc2ccc(O)c(O)c2)C1. The fourth-order valence-corrected chi connectivity index (χ4v) is 4.08. The maximum atomic E-state index is 12.5. The van der Waals surface area contributed by atoms with Crippen LogP contribution in [0.2, 0.25) is 0 Å². The van der Waals surface area contributed by atoms with Crippen molar-refractivity contribution in [2.45, 2.75) is 43.2 Å². The van der Waals surface area contributed by atoms with Gasteiger partial charge < -0.3 is 45.4 Å². The third-order valence-electron chi connectivity index (χ3n) is 6.06. The number of aliphatic hydroxyl groups excluding tert-OH is 1. The van der Waals surface area contributed by atoms with Crippen LogP contribution in [0.1, 0.15) is 24.0 Å². The number of esters is 2. The van der Waals surface area contributed by atoms with Crippen LogP contribution in [0.4, 0.5) is 0 Å². The van der Waals surface area contributed by atoms with Gasteiger partial charge in [-0.2, -0.15) is 0 Å². The molecule has 2 aromatic rings. The van der Waals surface area contributed by atoms with Crippen molar-refractivity contribution in [2.24, 2.45) is 0 Å². The number of aliphatic hydroxyl groups is 2. The number of ether oxygens (including phenoxy) is 2. The van der Waals surface area contributed by atoms with E-state index in [0.29, 0.717) is 11.1 Å². The highest BCUT2D eigenvalue weighted by Crippen LogP contribution is 2.33. The maximum Gasteiger partial charge on any atom is 0.331 e. The van der Waals surface area contributed by atoms with Crippen molar-refractivity contribution in [3.8, 4) is 23.0 Å². The van der Waals surface area contributed by atoms with Crippen molar-refractivity contribution in [1.82, 2.24) is 5.32 Å². The normalized spacial score (nSPS) is 23.0. The zero-order valence-electron chi connectivity index (χ0n) is 20.9. The quantitative estimate of drug-likeness (QED) is 0.141. The van der Waals surface area contributed by atoms with E-state index in [-0.39, 0.29) is 23.7 Å². The average molecular weight is 544 g/mol. The third-order valence-corrected chi connectivity index (χ3v) is 6.06. The Morgan fingerprint density at radius 1 is 0.923 bits per heavy atom. The highest BCUT2D eigenvalue weighted by atomic mass is 16.6. The zero-order valence-corrected chi connectivity index (χ0v) is 20.9. The molecule has 0 saturated heterocycles. The molecule has 1 amide bonds. The van der Waals surface area contributed by atoms with E-state index in [9.17, 15) is 45.0 Å². The van der Waals surface area contributed by atoms with Crippen LogP contribution in [0, 0.1) is 0 Å². The molecule has 39 heavy (non-hydrogen) atoms. The number of phenols is 4. The van der Waals surface area contributed by atoms with Gasteiger partial charge in [0.25, 0.3) is 5.91 Å². The summed E-state index contributed by atoms with van der Waals surface area (Å²) in [5.74, 6) is -4.03. The molecule has 7 N–H and O–H groups in total. The second-order valence-electron chi connectivity index (χ2n) is 8.97. The van der Waals surface area contributed by atoms with Crippen molar-refractivity contribution in [2.75, 3.05) is 7.05 Å². The number of amides is 1. The number of carbonyl (C=O) groups excluding carboxylic acids is 3. The van der Waals surface area contributed by atoms with Crippen LogP contribution in [0.3, 0.4) is 0 Å². The van der Waals surface area contributed by atoms with Gasteiger partial charge in [0.15, 0.2) is 29.1 Å². The summed E-state index contributed by atoms with van der Waals surface area (Å²) in [6.45, 7) is 0. The van der Waals surface area contributed by atoms with Gasteiger partial charge in [-0.05, 0) is 47.9 Å². The number of likely N-dealkylation sites (N-methyl/N-ethyl adjacent to an activating group) is 1. The summed E-state index contributed by atoms with van der Waals surface area (Å²) in [4.78, 5) is 37.3. The molecule has 0 spiro atoms. The second kappa shape index (κ2) is 12.3. The number of hydrogen-bond acceptors (Lipinski definition) is 11. The summed E-state index contributed by atoms with van der Waals surface area (Å²) < 4.78 is 10.7. The molecule has 1 aliphatic carbocycles. The van der Waals surface area contributed by atoms with Crippen molar-refractivity contribution in [1.29, 1.82) is 0 Å². The van der Waals surface area contributed by atoms with E-state index >= 15 is 0 Å². The molecule has 3 rings (SSSR count). The lowest BCUT2D eigenvalue weighted by molar-refractivity contribution is -0.198. The number of allylic oxidation sites excluding steroid dienone is 1. The monoisotopic (exact) mass is 543 g/mol. The zero-order chi connectivity index (χ0) is 28.7. The van der Waals surface area contributed by atoms with Crippen molar-refractivity contribution in [3.63, 3.8) is 0 Å². The number of nitrogens with one attached hydrogen (secondary N) is 1. The van der Waals surface area contributed by atoms with Crippen molar-refractivity contribution in [3.05, 3.63) is 65.8 Å². The van der Waals surface area contributed by atoms with Crippen LogP contribution in [0.15, 0.2) is 54.6 Å². The van der Waals surface area contributed by atoms with Gasteiger partial charge in [0.2, 0.25) is 0 Å². The Bertz CT molecular complexity index is 1290. The number of aromatic hydroxyl groups is 4. The van der Waals surface area contributed by atoms with Crippen molar-refractivity contribution >= 4 is 23.9 Å². The molecule has 0 aliphatic heterocycles. The molecule has 12 nitrogen and oxygen atoms in total. The number of rotatable bonds is 8. The first-order chi connectivity index (χ1) is 18.4. The van der Waals surface area contributed by atoms with Crippen LogP contribution in [-0.4, -0.2) is 79.4 Å². The van der Waals surface area contributed by atoms with E-state index in [2.05, 4.69) is 5.32 Å². The predicted molar refractivity (Wildman–Crippen MR) is 135 cm³/mol. The molecular weight excluding hydrogens is 514 g/mol. The highest BCUT2D eigenvalue weighted by molar-refractivity contribution is 5.88. The molecule has 1 saturated carbocycles. The maximum absolute atomic E-state index is 12.5. The van der Waals surface area contributed by atoms with E-state index in [1.165, 1.54) is 55.6 Å². The fraction of sp³-hybridized carbons (Fsp3) is 0.296. The minimum Gasteiger partial charge on any atom is -0.504 e. The smallest absolute Gasteiger partial charge is 0.331 e. The molecule has 12 heteroatoms.